The smallest absolute Gasteiger partial charge is 0.410 e. The Morgan fingerprint density at radius 1 is 1.07 bits per heavy atom. The van der Waals surface area contributed by atoms with Crippen molar-refractivity contribution in [1.82, 2.24) is 4.90 Å². The van der Waals surface area contributed by atoms with E-state index in [2.05, 4.69) is 0 Å². The molecule has 6 nitrogen and oxygen atoms in total. The van der Waals surface area contributed by atoms with Gasteiger partial charge in [-0.2, -0.15) is 0 Å². The minimum Gasteiger partial charge on any atom is -0.493 e. The molecule has 1 heterocycles. The van der Waals surface area contributed by atoms with Crippen LogP contribution in [0.2, 0.25) is 0 Å². The zero-order chi connectivity index (χ0) is 19.2. The van der Waals surface area contributed by atoms with Crippen LogP contribution in [0.25, 0.3) is 0 Å². The van der Waals surface area contributed by atoms with E-state index < -0.39 is 0 Å². The number of benzene rings is 2. The maximum Gasteiger partial charge on any atom is 0.410 e. The molecular weight excluding hydrogens is 346 g/mol. The maximum absolute atomic E-state index is 12.5. The quantitative estimate of drug-likeness (QED) is 0.800. The molecule has 1 amide bonds. The van der Waals surface area contributed by atoms with Crippen LogP contribution in [0, 0.1) is 0 Å². The molecule has 0 unspecified atom stereocenters. The van der Waals surface area contributed by atoms with E-state index in [1.54, 1.807) is 19.1 Å². The van der Waals surface area contributed by atoms with Gasteiger partial charge in [0.15, 0.2) is 11.5 Å². The number of rotatable bonds is 5. The highest BCUT2D eigenvalue weighted by Gasteiger charge is 2.30. The minimum atomic E-state index is -0.334. The lowest BCUT2D eigenvalue weighted by Gasteiger charge is -2.36. The lowest BCUT2D eigenvalue weighted by Crippen LogP contribution is -2.46. The van der Waals surface area contributed by atoms with E-state index >= 15 is 0 Å². The molecule has 1 aliphatic heterocycles. The predicted octanol–water partition coefficient (Wildman–Crippen LogP) is 3.80. The molecule has 1 saturated heterocycles. The summed E-state index contributed by atoms with van der Waals surface area (Å²) in [6.45, 7) is 3.13. The number of hydrogen-bond acceptors (Lipinski definition) is 5. The van der Waals surface area contributed by atoms with Crippen LogP contribution in [0.15, 0.2) is 48.5 Å². The average molecular weight is 371 g/mol. The topological polar surface area (TPSA) is 57.2 Å². The third kappa shape index (κ3) is 4.71. The van der Waals surface area contributed by atoms with Crippen molar-refractivity contribution < 1.29 is 23.7 Å². The summed E-state index contributed by atoms with van der Waals surface area (Å²) in [7, 11) is 3.19. The molecule has 6 heteroatoms. The number of ether oxygens (including phenoxy) is 4. The van der Waals surface area contributed by atoms with E-state index in [-0.39, 0.29) is 24.9 Å². The van der Waals surface area contributed by atoms with Gasteiger partial charge in [-0.15, -0.1) is 0 Å². The van der Waals surface area contributed by atoms with Gasteiger partial charge < -0.3 is 23.8 Å². The van der Waals surface area contributed by atoms with Crippen molar-refractivity contribution in [1.29, 1.82) is 0 Å². The van der Waals surface area contributed by atoms with Crippen LogP contribution in [-0.4, -0.2) is 44.4 Å². The molecule has 2 atom stereocenters. The molecule has 0 radical (unpaired) electrons. The van der Waals surface area contributed by atoms with Crippen LogP contribution in [-0.2, 0) is 16.1 Å². The third-order valence-electron chi connectivity index (χ3n) is 4.50. The van der Waals surface area contributed by atoms with E-state index in [9.17, 15) is 4.79 Å². The minimum absolute atomic E-state index is 0.0962. The maximum atomic E-state index is 12.5. The van der Waals surface area contributed by atoms with Crippen LogP contribution in [0.5, 0.6) is 11.5 Å². The summed E-state index contributed by atoms with van der Waals surface area (Å²) in [6, 6.07) is 15.3. The molecule has 144 valence electrons. The molecule has 2 aromatic carbocycles. The molecule has 2 aromatic rings. The zero-order valence-corrected chi connectivity index (χ0v) is 15.9. The summed E-state index contributed by atoms with van der Waals surface area (Å²) in [6.07, 6.45) is -0.682. The first-order valence-electron chi connectivity index (χ1n) is 8.93. The van der Waals surface area contributed by atoms with Crippen LogP contribution >= 0.6 is 0 Å². The molecule has 1 fully saturated rings. The Morgan fingerprint density at radius 2 is 1.81 bits per heavy atom. The van der Waals surface area contributed by atoms with Gasteiger partial charge in [0.05, 0.1) is 33.4 Å². The molecular formula is C21H25NO5. The first kappa shape index (κ1) is 19.0. The van der Waals surface area contributed by atoms with Crippen LogP contribution < -0.4 is 9.47 Å². The second-order valence-electron chi connectivity index (χ2n) is 6.49. The largest absolute Gasteiger partial charge is 0.493 e. The van der Waals surface area contributed by atoms with Gasteiger partial charge in [-0.25, -0.2) is 4.79 Å². The fourth-order valence-corrected chi connectivity index (χ4v) is 3.15. The van der Waals surface area contributed by atoms with Gasteiger partial charge in [0.1, 0.15) is 12.7 Å². The Morgan fingerprint density at radius 3 is 2.52 bits per heavy atom. The van der Waals surface area contributed by atoms with E-state index in [0.717, 1.165) is 11.1 Å². The fourth-order valence-electron chi connectivity index (χ4n) is 3.15. The normalized spacial score (nSPS) is 19.4. The Hall–Kier alpha value is -2.73. The highest BCUT2D eigenvalue weighted by Crippen LogP contribution is 2.33. The summed E-state index contributed by atoms with van der Waals surface area (Å²) in [5.74, 6) is 1.29. The first-order chi connectivity index (χ1) is 13.1. The fraction of sp³-hybridized carbons (Fsp3) is 0.381. The third-order valence-corrected chi connectivity index (χ3v) is 4.50. The Balaban J connectivity index is 1.67. The highest BCUT2D eigenvalue weighted by molar-refractivity contribution is 5.68. The Labute approximate surface area is 159 Å². The van der Waals surface area contributed by atoms with Gasteiger partial charge in [0, 0.05) is 0 Å². The number of morpholine rings is 1. The Kier molecular flexibility index (Phi) is 6.19. The number of methoxy groups -OCH3 is 2. The van der Waals surface area contributed by atoms with Gasteiger partial charge in [0.2, 0.25) is 0 Å². The standard InChI is InChI=1S/C21H25NO5/c1-15-12-22(21(23)26-14-16-7-5-4-6-8-16)13-20(27-15)17-9-10-18(24-2)19(11-17)25-3/h4-11,15,20H,12-14H2,1-3H3/t15-,20-/m0/s1. The lowest BCUT2D eigenvalue weighted by atomic mass is 10.1. The number of hydrogen-bond donors (Lipinski definition) is 0. The molecule has 0 N–H and O–H groups in total. The average Bonchev–Trinajstić information content (AvgIpc) is 2.71. The SMILES string of the molecule is COc1ccc([C@@H]2CN(C(=O)OCc3ccccc3)C[C@H](C)O2)cc1OC. The number of nitrogens with zero attached hydrogens (tertiary/aromatic N) is 1. The van der Waals surface area contributed by atoms with Crippen molar-refractivity contribution in [2.24, 2.45) is 0 Å². The lowest BCUT2D eigenvalue weighted by molar-refractivity contribution is -0.0748. The zero-order valence-electron chi connectivity index (χ0n) is 15.9. The molecule has 27 heavy (non-hydrogen) atoms. The van der Waals surface area contributed by atoms with Crippen LogP contribution in [0.4, 0.5) is 4.79 Å². The Bertz CT molecular complexity index is 764. The molecule has 0 aromatic heterocycles. The molecule has 0 spiro atoms. The van der Waals surface area contributed by atoms with Crippen molar-refractivity contribution >= 4 is 6.09 Å². The monoisotopic (exact) mass is 371 g/mol. The molecule has 1 aliphatic rings. The van der Waals surface area contributed by atoms with Gasteiger partial charge in [-0.3, -0.25) is 0 Å². The number of carbonyl (C=O) groups excluding carboxylic acids is 1. The van der Waals surface area contributed by atoms with Crippen molar-refractivity contribution in [3.63, 3.8) is 0 Å². The summed E-state index contributed by atoms with van der Waals surface area (Å²) in [5, 5.41) is 0. The van der Waals surface area contributed by atoms with Crippen LogP contribution in [0.1, 0.15) is 24.2 Å². The molecule has 0 aliphatic carbocycles. The van der Waals surface area contributed by atoms with Gasteiger partial charge in [-0.05, 0) is 30.2 Å². The first-order valence-corrected chi connectivity index (χ1v) is 8.93. The van der Waals surface area contributed by atoms with E-state index in [0.29, 0.717) is 24.6 Å². The summed E-state index contributed by atoms with van der Waals surface area (Å²) in [4.78, 5) is 14.2. The summed E-state index contributed by atoms with van der Waals surface area (Å²) < 4.78 is 22.2. The predicted molar refractivity (Wildman–Crippen MR) is 101 cm³/mol. The van der Waals surface area contributed by atoms with Crippen molar-refractivity contribution in [3.05, 3.63) is 59.7 Å². The van der Waals surface area contributed by atoms with Crippen molar-refractivity contribution in [2.75, 3.05) is 27.3 Å². The molecule has 0 saturated carbocycles. The second kappa shape index (κ2) is 8.77. The number of carbonyl (C=O) groups is 1. The van der Waals surface area contributed by atoms with E-state index in [1.165, 1.54) is 0 Å². The number of amides is 1. The van der Waals surface area contributed by atoms with E-state index in [1.807, 2.05) is 55.5 Å². The molecule has 3 rings (SSSR count). The van der Waals surface area contributed by atoms with Gasteiger partial charge in [-0.1, -0.05) is 36.4 Å². The van der Waals surface area contributed by atoms with Crippen molar-refractivity contribution in [3.8, 4) is 11.5 Å². The highest BCUT2D eigenvalue weighted by atomic mass is 16.6. The van der Waals surface area contributed by atoms with Gasteiger partial charge in [0.25, 0.3) is 0 Å². The summed E-state index contributed by atoms with van der Waals surface area (Å²) >= 11 is 0. The molecule has 0 bridgehead atoms. The van der Waals surface area contributed by atoms with Gasteiger partial charge >= 0.3 is 6.09 Å². The summed E-state index contributed by atoms with van der Waals surface area (Å²) in [5.41, 5.74) is 1.89. The van der Waals surface area contributed by atoms with E-state index in [4.69, 9.17) is 18.9 Å². The second-order valence-corrected chi connectivity index (χ2v) is 6.49. The van der Waals surface area contributed by atoms with Crippen molar-refractivity contribution in [2.45, 2.75) is 25.7 Å². The van der Waals surface area contributed by atoms with Crippen LogP contribution in [0.3, 0.4) is 0 Å².